The van der Waals surface area contributed by atoms with Crippen molar-refractivity contribution >= 4 is 29.9 Å². The van der Waals surface area contributed by atoms with Crippen molar-refractivity contribution in [2.75, 3.05) is 20.1 Å². The topological polar surface area (TPSA) is 53.7 Å². The van der Waals surface area contributed by atoms with Crippen LogP contribution in [0, 0.1) is 19.8 Å². The van der Waals surface area contributed by atoms with Crippen molar-refractivity contribution in [3.05, 3.63) is 53.2 Å². The summed E-state index contributed by atoms with van der Waals surface area (Å²) in [5.41, 5.74) is 2.40. The van der Waals surface area contributed by atoms with Crippen LogP contribution >= 0.6 is 24.0 Å². The maximum Gasteiger partial charge on any atom is 0.214 e. The number of benzene rings is 1. The maximum absolute atomic E-state index is 5.63. The van der Waals surface area contributed by atoms with E-state index in [9.17, 15) is 0 Å². The lowest BCUT2D eigenvalue weighted by atomic mass is 9.90. The van der Waals surface area contributed by atoms with Crippen LogP contribution in [-0.2, 0) is 13.0 Å². The minimum atomic E-state index is 0. The Morgan fingerprint density at radius 3 is 2.50 bits per heavy atom. The molecule has 1 aliphatic heterocycles. The first-order chi connectivity index (χ1) is 12.2. The number of rotatable bonds is 4. The van der Waals surface area contributed by atoms with Crippen LogP contribution in [0.3, 0.4) is 0 Å². The summed E-state index contributed by atoms with van der Waals surface area (Å²) >= 11 is 0. The van der Waals surface area contributed by atoms with Gasteiger partial charge in [0.2, 0.25) is 5.89 Å². The molecular weight excluding hydrogens is 439 g/mol. The van der Waals surface area contributed by atoms with E-state index in [0.717, 1.165) is 42.3 Å². The number of hydrogen-bond acceptors (Lipinski definition) is 3. The van der Waals surface area contributed by atoms with Crippen molar-refractivity contribution in [2.45, 2.75) is 39.7 Å². The summed E-state index contributed by atoms with van der Waals surface area (Å²) in [6, 6.07) is 10.8. The third-order valence-corrected chi connectivity index (χ3v) is 4.96. The van der Waals surface area contributed by atoms with Gasteiger partial charge in [-0.3, -0.25) is 4.99 Å². The number of aromatic nitrogens is 1. The van der Waals surface area contributed by atoms with E-state index in [1.807, 2.05) is 20.9 Å². The van der Waals surface area contributed by atoms with Crippen molar-refractivity contribution in [3.8, 4) is 0 Å². The molecule has 1 saturated heterocycles. The van der Waals surface area contributed by atoms with Gasteiger partial charge >= 0.3 is 0 Å². The molecule has 2 heterocycles. The molecule has 1 aliphatic rings. The number of aliphatic imine (C=N–C) groups is 1. The highest BCUT2D eigenvalue weighted by Crippen LogP contribution is 2.21. The van der Waals surface area contributed by atoms with Gasteiger partial charge in [-0.1, -0.05) is 30.3 Å². The SMILES string of the molecule is CN=C(NCc1nc(C)c(C)o1)N1CCC(Cc2ccccc2)CC1.I. The van der Waals surface area contributed by atoms with Gasteiger partial charge in [0.15, 0.2) is 5.96 Å². The fourth-order valence-electron chi connectivity index (χ4n) is 3.40. The Morgan fingerprint density at radius 2 is 1.92 bits per heavy atom. The number of guanidine groups is 1. The van der Waals surface area contributed by atoms with Crippen molar-refractivity contribution < 1.29 is 4.42 Å². The van der Waals surface area contributed by atoms with E-state index < -0.39 is 0 Å². The van der Waals surface area contributed by atoms with Gasteiger partial charge in [0, 0.05) is 20.1 Å². The first-order valence-corrected chi connectivity index (χ1v) is 9.08. The van der Waals surface area contributed by atoms with Crippen LogP contribution in [-0.4, -0.2) is 36.0 Å². The number of halogens is 1. The van der Waals surface area contributed by atoms with E-state index in [4.69, 9.17) is 4.42 Å². The highest BCUT2D eigenvalue weighted by Gasteiger charge is 2.22. The van der Waals surface area contributed by atoms with Crippen molar-refractivity contribution in [3.63, 3.8) is 0 Å². The Bertz CT molecular complexity index is 686. The zero-order valence-electron chi connectivity index (χ0n) is 15.9. The zero-order valence-corrected chi connectivity index (χ0v) is 18.2. The molecule has 0 amide bonds. The standard InChI is InChI=1S/C20H28N4O.HI/c1-15-16(2)25-19(23-15)14-22-20(21-3)24-11-9-18(10-12-24)13-17-7-5-4-6-8-17;/h4-8,18H,9-14H2,1-3H3,(H,21,22);1H. The number of nitrogens with one attached hydrogen (secondary N) is 1. The fraction of sp³-hybridized carbons (Fsp3) is 0.500. The lowest BCUT2D eigenvalue weighted by Crippen LogP contribution is -2.45. The van der Waals surface area contributed by atoms with Gasteiger partial charge in [0.1, 0.15) is 5.76 Å². The molecule has 0 unspecified atom stereocenters. The molecule has 0 bridgehead atoms. The number of oxazole rings is 1. The van der Waals surface area contributed by atoms with E-state index in [1.165, 1.54) is 24.8 Å². The Labute approximate surface area is 173 Å². The zero-order chi connectivity index (χ0) is 17.6. The normalized spacial score (nSPS) is 15.7. The molecule has 0 radical (unpaired) electrons. The predicted octanol–water partition coefficient (Wildman–Crippen LogP) is 3.94. The molecule has 0 aliphatic carbocycles. The molecule has 1 aromatic carbocycles. The average Bonchev–Trinajstić information content (AvgIpc) is 2.95. The molecule has 26 heavy (non-hydrogen) atoms. The summed E-state index contributed by atoms with van der Waals surface area (Å²) < 4.78 is 5.63. The van der Waals surface area contributed by atoms with Gasteiger partial charge in [0.25, 0.3) is 0 Å². The van der Waals surface area contributed by atoms with Crippen LogP contribution < -0.4 is 5.32 Å². The highest BCUT2D eigenvalue weighted by molar-refractivity contribution is 14.0. The third kappa shape index (κ3) is 5.46. The summed E-state index contributed by atoms with van der Waals surface area (Å²) in [5.74, 6) is 3.30. The minimum absolute atomic E-state index is 0. The molecule has 5 nitrogen and oxygen atoms in total. The van der Waals surface area contributed by atoms with Crippen LogP contribution in [0.2, 0.25) is 0 Å². The molecule has 3 rings (SSSR count). The van der Waals surface area contributed by atoms with Gasteiger partial charge in [-0.25, -0.2) is 4.98 Å². The van der Waals surface area contributed by atoms with Gasteiger partial charge < -0.3 is 14.6 Å². The van der Waals surface area contributed by atoms with Crippen LogP contribution in [0.1, 0.15) is 35.7 Å². The second kappa shape index (κ2) is 9.94. The van der Waals surface area contributed by atoms with Crippen LogP contribution in [0.4, 0.5) is 0 Å². The lowest BCUT2D eigenvalue weighted by Gasteiger charge is -2.34. The summed E-state index contributed by atoms with van der Waals surface area (Å²) in [4.78, 5) is 11.2. The van der Waals surface area contributed by atoms with Crippen LogP contribution in [0.25, 0.3) is 0 Å². The first-order valence-electron chi connectivity index (χ1n) is 9.08. The number of nitrogens with zero attached hydrogens (tertiary/aromatic N) is 3. The van der Waals surface area contributed by atoms with Gasteiger partial charge in [0.05, 0.1) is 12.2 Å². The molecule has 1 N–H and O–H groups in total. The lowest BCUT2D eigenvalue weighted by molar-refractivity contribution is 0.258. The van der Waals surface area contributed by atoms with Gasteiger partial charge in [-0.05, 0) is 44.6 Å². The van der Waals surface area contributed by atoms with E-state index in [2.05, 4.69) is 50.5 Å². The van der Waals surface area contributed by atoms with Crippen molar-refractivity contribution in [1.82, 2.24) is 15.2 Å². The van der Waals surface area contributed by atoms with E-state index >= 15 is 0 Å². The summed E-state index contributed by atoms with van der Waals surface area (Å²) in [6.45, 7) is 6.57. The number of likely N-dealkylation sites (tertiary alicyclic amines) is 1. The van der Waals surface area contributed by atoms with Crippen molar-refractivity contribution in [1.29, 1.82) is 0 Å². The third-order valence-electron chi connectivity index (χ3n) is 4.96. The van der Waals surface area contributed by atoms with Crippen LogP contribution in [0.5, 0.6) is 0 Å². The number of piperidine rings is 1. The molecule has 2 aromatic rings. The summed E-state index contributed by atoms with van der Waals surface area (Å²) in [7, 11) is 1.84. The highest BCUT2D eigenvalue weighted by atomic mass is 127. The monoisotopic (exact) mass is 468 g/mol. The van der Waals surface area contributed by atoms with Gasteiger partial charge in [-0.15, -0.1) is 24.0 Å². The number of aryl methyl sites for hydroxylation is 2. The largest absolute Gasteiger partial charge is 0.444 e. The quantitative estimate of drug-likeness (QED) is 0.420. The molecule has 0 atom stereocenters. The number of hydrogen-bond donors (Lipinski definition) is 1. The Balaban J connectivity index is 0.00000243. The minimum Gasteiger partial charge on any atom is -0.444 e. The van der Waals surface area contributed by atoms with E-state index in [0.29, 0.717) is 6.54 Å². The maximum atomic E-state index is 5.63. The summed E-state index contributed by atoms with van der Waals surface area (Å²) in [6.07, 6.45) is 3.58. The first kappa shape index (κ1) is 20.7. The predicted molar refractivity (Wildman–Crippen MR) is 116 cm³/mol. The smallest absolute Gasteiger partial charge is 0.214 e. The molecule has 0 spiro atoms. The Kier molecular flexibility index (Phi) is 7.93. The Hall–Kier alpha value is -1.57. The molecule has 1 fully saturated rings. The molecule has 0 saturated carbocycles. The van der Waals surface area contributed by atoms with Crippen LogP contribution in [0.15, 0.2) is 39.7 Å². The Morgan fingerprint density at radius 1 is 1.23 bits per heavy atom. The molecule has 142 valence electrons. The van der Waals surface area contributed by atoms with E-state index in [-0.39, 0.29) is 24.0 Å². The average molecular weight is 468 g/mol. The molecule has 6 heteroatoms. The van der Waals surface area contributed by atoms with E-state index in [1.54, 1.807) is 0 Å². The molecule has 1 aromatic heterocycles. The summed E-state index contributed by atoms with van der Waals surface area (Å²) in [5, 5.41) is 3.38. The molecular formula is C20H29IN4O. The fourth-order valence-corrected chi connectivity index (χ4v) is 3.40. The second-order valence-corrected chi connectivity index (χ2v) is 6.77. The van der Waals surface area contributed by atoms with Gasteiger partial charge in [-0.2, -0.15) is 0 Å². The second-order valence-electron chi connectivity index (χ2n) is 6.77. The van der Waals surface area contributed by atoms with Crippen molar-refractivity contribution in [2.24, 2.45) is 10.9 Å².